The molecule has 0 aromatic heterocycles. The van der Waals surface area contributed by atoms with Crippen LogP contribution in [0.5, 0.6) is 0 Å². The first-order valence-electron chi connectivity index (χ1n) is 9.81. The summed E-state index contributed by atoms with van der Waals surface area (Å²) in [7, 11) is 1.18. The topological polar surface area (TPSA) is 76.7 Å². The molecular weight excluding hydrogens is 401 g/mol. The Labute approximate surface area is 174 Å². The van der Waals surface area contributed by atoms with Crippen LogP contribution in [0.2, 0.25) is 0 Å². The van der Waals surface area contributed by atoms with E-state index in [-0.39, 0.29) is 41.8 Å². The number of methoxy groups -OCH3 is 1. The second-order valence-electron chi connectivity index (χ2n) is 8.58. The average molecular weight is 430 g/mol. The van der Waals surface area contributed by atoms with Gasteiger partial charge in [0.25, 0.3) is 0 Å². The molecule has 1 aromatic carbocycles. The van der Waals surface area contributed by atoms with Crippen molar-refractivity contribution in [2.45, 2.75) is 64.4 Å². The predicted octanol–water partition coefficient (Wildman–Crippen LogP) is 4.00. The van der Waals surface area contributed by atoms with Crippen LogP contribution in [-0.2, 0) is 20.4 Å². The zero-order chi connectivity index (χ0) is 22.7. The van der Waals surface area contributed by atoms with Crippen LogP contribution >= 0.6 is 0 Å². The quantitative estimate of drug-likeness (QED) is 0.637. The second-order valence-corrected chi connectivity index (χ2v) is 8.58. The van der Waals surface area contributed by atoms with Gasteiger partial charge in [-0.05, 0) is 64.7 Å². The van der Waals surface area contributed by atoms with Crippen molar-refractivity contribution in [1.82, 2.24) is 5.32 Å². The van der Waals surface area contributed by atoms with Gasteiger partial charge >= 0.3 is 18.1 Å². The van der Waals surface area contributed by atoms with Gasteiger partial charge in [0.15, 0.2) is 0 Å². The molecule has 9 heteroatoms. The molecule has 1 aliphatic carbocycles. The van der Waals surface area contributed by atoms with Crippen LogP contribution in [0.25, 0.3) is 0 Å². The first-order chi connectivity index (χ1) is 13.8. The molecule has 0 heterocycles. The van der Waals surface area contributed by atoms with E-state index in [0.29, 0.717) is 0 Å². The number of nitrogens with one attached hydrogen (secondary N) is 2. The summed E-state index contributed by atoms with van der Waals surface area (Å²) in [4.78, 5) is 23.5. The van der Waals surface area contributed by atoms with E-state index < -0.39 is 23.3 Å². The number of carbonyl (C=O) groups excluding carboxylic acids is 2. The first-order valence-corrected chi connectivity index (χ1v) is 9.81. The summed E-state index contributed by atoms with van der Waals surface area (Å²) >= 11 is 0. The Bertz CT molecular complexity index is 768. The summed E-state index contributed by atoms with van der Waals surface area (Å²) in [6.45, 7) is 7.28. The van der Waals surface area contributed by atoms with Gasteiger partial charge < -0.3 is 20.1 Å². The molecule has 1 aromatic rings. The molecular formula is C21H29F3N2O4. The lowest BCUT2D eigenvalue weighted by molar-refractivity contribution is -0.154. The highest BCUT2D eigenvalue weighted by atomic mass is 19.4. The number of hydrogen-bond donors (Lipinski definition) is 2. The highest BCUT2D eigenvalue weighted by Gasteiger charge is 2.37. The molecule has 0 amide bonds. The zero-order valence-electron chi connectivity index (χ0n) is 17.9. The first kappa shape index (κ1) is 24.0. The maximum Gasteiger partial charge on any atom is 0.418 e. The summed E-state index contributed by atoms with van der Waals surface area (Å²) in [5, 5.41) is 6.02. The highest BCUT2D eigenvalue weighted by Crippen LogP contribution is 2.38. The molecule has 1 fully saturated rings. The molecule has 1 atom stereocenters. The van der Waals surface area contributed by atoms with Crippen LogP contribution in [0.4, 0.5) is 18.9 Å². The summed E-state index contributed by atoms with van der Waals surface area (Å²) in [6.07, 6.45) is -3.11. The summed E-state index contributed by atoms with van der Waals surface area (Å²) in [5.74, 6) is -0.912. The summed E-state index contributed by atoms with van der Waals surface area (Å²) in [5.41, 5.74) is -1.48. The fourth-order valence-corrected chi connectivity index (χ4v) is 3.36. The van der Waals surface area contributed by atoms with Gasteiger partial charge in [-0.25, -0.2) is 4.79 Å². The van der Waals surface area contributed by atoms with E-state index in [0.717, 1.165) is 25.0 Å². The van der Waals surface area contributed by atoms with Gasteiger partial charge in [0.2, 0.25) is 0 Å². The van der Waals surface area contributed by atoms with Crippen molar-refractivity contribution in [2.75, 3.05) is 19.0 Å². The van der Waals surface area contributed by atoms with Gasteiger partial charge in [0.05, 0.1) is 24.8 Å². The largest absolute Gasteiger partial charge is 0.465 e. The normalized spacial score (nSPS) is 20.1. The van der Waals surface area contributed by atoms with Crippen molar-refractivity contribution in [3.8, 4) is 0 Å². The molecule has 2 rings (SSSR count). The van der Waals surface area contributed by atoms with E-state index in [4.69, 9.17) is 4.74 Å². The third kappa shape index (κ3) is 6.62. The number of anilines is 1. The molecule has 6 nitrogen and oxygen atoms in total. The fraction of sp³-hybridized carbons (Fsp3) is 0.619. The van der Waals surface area contributed by atoms with Crippen molar-refractivity contribution in [3.63, 3.8) is 0 Å². The third-order valence-corrected chi connectivity index (χ3v) is 4.97. The van der Waals surface area contributed by atoms with Crippen LogP contribution < -0.4 is 10.6 Å². The van der Waals surface area contributed by atoms with Crippen molar-refractivity contribution < 1.29 is 32.2 Å². The molecule has 30 heavy (non-hydrogen) atoms. The standard InChI is InChI=1S/C21H29F3N2O4/c1-12(14-8-15(9-14)25-11-18(27)30-20(2,3)4)26-17-10-13(19(28)29-5)6-7-16(17)21(22,23)24/h6-7,10,12,14-15,25-26H,8-9,11H2,1-5H3/t12-,14?,15?/m0/s1. The van der Waals surface area contributed by atoms with Crippen molar-refractivity contribution >= 4 is 17.6 Å². The van der Waals surface area contributed by atoms with Crippen molar-refractivity contribution in [2.24, 2.45) is 5.92 Å². The molecule has 0 spiro atoms. The number of rotatable bonds is 7. The fourth-order valence-electron chi connectivity index (χ4n) is 3.36. The molecule has 1 aliphatic rings. The molecule has 0 aliphatic heterocycles. The maximum atomic E-state index is 13.4. The maximum absolute atomic E-state index is 13.4. The van der Waals surface area contributed by atoms with Crippen LogP contribution in [0, 0.1) is 5.92 Å². The second kappa shape index (κ2) is 9.24. The van der Waals surface area contributed by atoms with E-state index in [2.05, 4.69) is 15.4 Å². The Balaban J connectivity index is 1.94. The number of halogens is 3. The van der Waals surface area contributed by atoms with Gasteiger partial charge in [-0.2, -0.15) is 13.2 Å². The number of esters is 2. The molecule has 1 saturated carbocycles. The molecule has 0 radical (unpaired) electrons. The number of benzene rings is 1. The molecule has 168 valence electrons. The summed E-state index contributed by atoms with van der Waals surface area (Å²) in [6, 6.07) is 3.01. The van der Waals surface area contributed by atoms with Gasteiger partial charge in [-0.15, -0.1) is 0 Å². The van der Waals surface area contributed by atoms with Crippen LogP contribution in [-0.4, -0.2) is 43.3 Å². The minimum atomic E-state index is -4.55. The number of ether oxygens (including phenoxy) is 2. The average Bonchev–Trinajstić information content (AvgIpc) is 2.56. The SMILES string of the molecule is COC(=O)c1ccc(C(F)(F)F)c(N[C@@H](C)C2CC(NCC(=O)OC(C)(C)C)C2)c1. The number of hydrogen-bond acceptors (Lipinski definition) is 6. The lowest BCUT2D eigenvalue weighted by Gasteiger charge is -2.40. The summed E-state index contributed by atoms with van der Waals surface area (Å²) < 4.78 is 49.9. The van der Waals surface area contributed by atoms with E-state index in [9.17, 15) is 22.8 Å². The minimum absolute atomic E-state index is 0.0470. The van der Waals surface area contributed by atoms with Gasteiger partial charge in [0.1, 0.15) is 5.60 Å². The lowest BCUT2D eigenvalue weighted by Crippen LogP contribution is -2.48. The third-order valence-electron chi connectivity index (χ3n) is 4.97. The molecule has 2 N–H and O–H groups in total. The molecule has 0 bridgehead atoms. The monoisotopic (exact) mass is 430 g/mol. The van der Waals surface area contributed by atoms with Crippen LogP contribution in [0.1, 0.15) is 56.5 Å². The van der Waals surface area contributed by atoms with Gasteiger partial charge in [-0.1, -0.05) is 0 Å². The number of alkyl halides is 3. The highest BCUT2D eigenvalue weighted by molar-refractivity contribution is 5.90. The predicted molar refractivity (Wildman–Crippen MR) is 106 cm³/mol. The van der Waals surface area contributed by atoms with E-state index in [1.165, 1.54) is 13.2 Å². The van der Waals surface area contributed by atoms with Crippen LogP contribution in [0.15, 0.2) is 18.2 Å². The number of carbonyl (C=O) groups is 2. The Hall–Kier alpha value is -2.29. The molecule has 0 saturated heterocycles. The van der Waals surface area contributed by atoms with Gasteiger partial charge in [-0.3, -0.25) is 4.79 Å². The minimum Gasteiger partial charge on any atom is -0.465 e. The van der Waals surface area contributed by atoms with E-state index in [1.54, 1.807) is 27.7 Å². The van der Waals surface area contributed by atoms with E-state index >= 15 is 0 Å². The zero-order valence-corrected chi connectivity index (χ0v) is 17.9. The Morgan fingerprint density at radius 1 is 1.20 bits per heavy atom. The smallest absolute Gasteiger partial charge is 0.418 e. The van der Waals surface area contributed by atoms with Crippen molar-refractivity contribution in [1.29, 1.82) is 0 Å². The Morgan fingerprint density at radius 3 is 2.37 bits per heavy atom. The van der Waals surface area contributed by atoms with Gasteiger partial charge in [0, 0.05) is 17.8 Å². The van der Waals surface area contributed by atoms with Crippen molar-refractivity contribution in [3.05, 3.63) is 29.3 Å². The Morgan fingerprint density at radius 2 is 1.83 bits per heavy atom. The van der Waals surface area contributed by atoms with E-state index in [1.807, 2.05) is 0 Å². The van der Waals surface area contributed by atoms with Crippen LogP contribution in [0.3, 0.4) is 0 Å². The lowest BCUT2D eigenvalue weighted by atomic mass is 9.76. The Kier molecular flexibility index (Phi) is 7.39. The molecule has 0 unspecified atom stereocenters.